The number of anilines is 1. The van der Waals surface area contributed by atoms with E-state index < -0.39 is 11.0 Å². The Bertz CT molecular complexity index is 1290. The number of fused-ring (bicyclic) bond motifs is 1. The standard InChI is InChI=1S/C22H22N6OS/c1-22(2,3)16-6-8-17(9-7-16)30(29)26-21-10-5-15(12-23)19-11-18(25-28(19)21)20-13-24-14-27(20)4/h5-11,13-14,26H,1-4H3. The number of benzene rings is 1. The average molecular weight is 419 g/mol. The van der Waals surface area contributed by atoms with Crippen LogP contribution in [0.5, 0.6) is 0 Å². The van der Waals surface area contributed by atoms with Crippen LogP contribution in [0.25, 0.3) is 16.9 Å². The number of hydrogen-bond donors (Lipinski definition) is 1. The highest BCUT2D eigenvalue weighted by Gasteiger charge is 2.16. The summed E-state index contributed by atoms with van der Waals surface area (Å²) in [5.41, 5.74) is 3.84. The Morgan fingerprint density at radius 3 is 2.47 bits per heavy atom. The van der Waals surface area contributed by atoms with Gasteiger partial charge in [-0.2, -0.15) is 10.4 Å². The Kier molecular flexibility index (Phi) is 4.92. The topological polar surface area (TPSA) is 88.0 Å². The Morgan fingerprint density at radius 2 is 1.87 bits per heavy atom. The Morgan fingerprint density at radius 1 is 1.13 bits per heavy atom. The van der Waals surface area contributed by atoms with Crippen molar-refractivity contribution in [1.82, 2.24) is 19.2 Å². The SMILES string of the molecule is Cn1cncc1-c1cc2c(C#N)ccc(NS(=O)c3ccc(C(C)(C)C)cc3)n2n1. The lowest BCUT2D eigenvalue weighted by molar-refractivity contribution is 0.589. The molecule has 0 saturated carbocycles. The van der Waals surface area contributed by atoms with Gasteiger partial charge >= 0.3 is 0 Å². The summed E-state index contributed by atoms with van der Waals surface area (Å²) in [6.45, 7) is 6.42. The van der Waals surface area contributed by atoms with Crippen molar-refractivity contribution in [3.05, 3.63) is 66.1 Å². The third-order valence-corrected chi connectivity index (χ3v) is 6.05. The van der Waals surface area contributed by atoms with Gasteiger partial charge in [-0.05, 0) is 41.3 Å². The Labute approximate surface area is 177 Å². The summed E-state index contributed by atoms with van der Waals surface area (Å²) in [7, 11) is 0.405. The second-order valence-corrected chi connectivity index (χ2v) is 9.32. The lowest BCUT2D eigenvalue weighted by Gasteiger charge is -2.19. The number of nitrogens with zero attached hydrogens (tertiary/aromatic N) is 5. The molecule has 0 spiro atoms. The third-order valence-electron chi connectivity index (χ3n) is 4.95. The monoisotopic (exact) mass is 418 g/mol. The van der Waals surface area contributed by atoms with Gasteiger partial charge in [0.05, 0.1) is 34.2 Å². The number of rotatable bonds is 4. The molecular formula is C22H22N6OS. The van der Waals surface area contributed by atoms with Crippen LogP contribution in [0, 0.1) is 11.3 Å². The van der Waals surface area contributed by atoms with E-state index in [2.05, 4.69) is 41.6 Å². The highest BCUT2D eigenvalue weighted by molar-refractivity contribution is 7.86. The first-order chi connectivity index (χ1) is 14.3. The van der Waals surface area contributed by atoms with E-state index in [4.69, 9.17) is 0 Å². The van der Waals surface area contributed by atoms with Gasteiger partial charge < -0.3 is 4.57 Å². The normalized spacial score (nSPS) is 12.6. The van der Waals surface area contributed by atoms with Crippen LogP contribution in [0.2, 0.25) is 0 Å². The van der Waals surface area contributed by atoms with E-state index >= 15 is 0 Å². The van der Waals surface area contributed by atoms with Crippen molar-refractivity contribution in [3.63, 3.8) is 0 Å². The van der Waals surface area contributed by atoms with Gasteiger partial charge in [0.1, 0.15) is 17.6 Å². The summed E-state index contributed by atoms with van der Waals surface area (Å²) in [6, 6.07) is 15.2. The molecular weight excluding hydrogens is 396 g/mol. The molecule has 3 aromatic heterocycles. The lowest BCUT2D eigenvalue weighted by atomic mass is 9.87. The number of hydrogen-bond acceptors (Lipinski definition) is 4. The first kappa shape index (κ1) is 19.9. The van der Waals surface area contributed by atoms with Crippen molar-refractivity contribution in [1.29, 1.82) is 5.26 Å². The molecule has 0 saturated heterocycles. The van der Waals surface area contributed by atoms with Crippen molar-refractivity contribution in [2.75, 3.05) is 4.72 Å². The maximum Gasteiger partial charge on any atom is 0.151 e. The number of aromatic nitrogens is 4. The third kappa shape index (κ3) is 3.60. The molecule has 0 aliphatic carbocycles. The smallest absolute Gasteiger partial charge is 0.151 e. The zero-order chi connectivity index (χ0) is 21.5. The molecule has 3 heterocycles. The fraction of sp³-hybridized carbons (Fsp3) is 0.227. The first-order valence-corrected chi connectivity index (χ1v) is 10.6. The molecule has 0 fully saturated rings. The van der Waals surface area contributed by atoms with Crippen molar-refractivity contribution in [3.8, 4) is 17.5 Å². The number of aryl methyl sites for hydroxylation is 1. The van der Waals surface area contributed by atoms with E-state index in [-0.39, 0.29) is 5.41 Å². The van der Waals surface area contributed by atoms with Crippen molar-refractivity contribution in [2.45, 2.75) is 31.1 Å². The van der Waals surface area contributed by atoms with Crippen LogP contribution in [0.4, 0.5) is 5.82 Å². The molecule has 152 valence electrons. The summed E-state index contributed by atoms with van der Waals surface area (Å²) >= 11 is 0. The summed E-state index contributed by atoms with van der Waals surface area (Å²) in [4.78, 5) is 4.80. The molecule has 1 N–H and O–H groups in total. The molecule has 4 rings (SSSR count). The van der Waals surface area contributed by atoms with Crippen LogP contribution < -0.4 is 4.72 Å². The molecule has 4 aromatic rings. The van der Waals surface area contributed by atoms with Gasteiger partial charge in [0.15, 0.2) is 11.0 Å². The van der Waals surface area contributed by atoms with E-state index in [1.807, 2.05) is 41.9 Å². The Balaban J connectivity index is 1.71. The van der Waals surface area contributed by atoms with E-state index in [1.165, 1.54) is 5.56 Å². The van der Waals surface area contributed by atoms with Crippen LogP contribution in [-0.2, 0) is 23.4 Å². The second-order valence-electron chi connectivity index (χ2n) is 8.11. The minimum atomic E-state index is -1.48. The number of nitrogens with one attached hydrogen (secondary N) is 1. The fourth-order valence-corrected chi connectivity index (χ4v) is 4.05. The maximum atomic E-state index is 12.9. The van der Waals surface area contributed by atoms with Crippen molar-refractivity contribution in [2.24, 2.45) is 7.05 Å². The van der Waals surface area contributed by atoms with E-state index in [0.29, 0.717) is 27.5 Å². The molecule has 8 heteroatoms. The van der Waals surface area contributed by atoms with Gasteiger partial charge in [-0.15, -0.1) is 0 Å². The average Bonchev–Trinajstić information content (AvgIpc) is 3.34. The molecule has 30 heavy (non-hydrogen) atoms. The minimum absolute atomic E-state index is 0.0317. The molecule has 1 unspecified atom stereocenters. The first-order valence-electron chi connectivity index (χ1n) is 9.46. The lowest BCUT2D eigenvalue weighted by Crippen LogP contribution is -2.12. The molecule has 1 atom stereocenters. The maximum absolute atomic E-state index is 12.9. The predicted molar refractivity (Wildman–Crippen MR) is 117 cm³/mol. The summed E-state index contributed by atoms with van der Waals surface area (Å²) in [6.07, 6.45) is 3.41. The van der Waals surface area contributed by atoms with Crippen LogP contribution >= 0.6 is 0 Å². The molecule has 0 amide bonds. The zero-order valence-electron chi connectivity index (χ0n) is 17.2. The number of pyridine rings is 1. The number of imidazole rings is 1. The van der Waals surface area contributed by atoms with Gasteiger partial charge in [0.2, 0.25) is 0 Å². The van der Waals surface area contributed by atoms with Crippen LogP contribution in [0.15, 0.2) is 59.9 Å². The Hall–Kier alpha value is -3.44. The molecule has 0 bridgehead atoms. The largest absolute Gasteiger partial charge is 0.332 e. The number of nitriles is 1. The van der Waals surface area contributed by atoms with Crippen LogP contribution in [0.3, 0.4) is 0 Å². The van der Waals surface area contributed by atoms with E-state index in [9.17, 15) is 9.47 Å². The van der Waals surface area contributed by atoms with Crippen LogP contribution in [-0.4, -0.2) is 23.4 Å². The predicted octanol–water partition coefficient (Wildman–Crippen LogP) is 4.04. The molecule has 7 nitrogen and oxygen atoms in total. The van der Waals surface area contributed by atoms with E-state index in [0.717, 1.165) is 5.69 Å². The van der Waals surface area contributed by atoms with Gasteiger partial charge in [0, 0.05) is 7.05 Å². The quantitative estimate of drug-likeness (QED) is 0.542. The summed E-state index contributed by atoms with van der Waals surface area (Å²) < 4.78 is 19.4. The minimum Gasteiger partial charge on any atom is -0.332 e. The highest BCUT2D eigenvalue weighted by Crippen LogP contribution is 2.26. The molecule has 0 aliphatic heterocycles. The molecule has 1 aromatic carbocycles. The van der Waals surface area contributed by atoms with Gasteiger partial charge in [0.25, 0.3) is 0 Å². The highest BCUT2D eigenvalue weighted by atomic mass is 32.2. The summed E-state index contributed by atoms with van der Waals surface area (Å²) in [5, 5.41) is 14.1. The van der Waals surface area contributed by atoms with Crippen molar-refractivity contribution >= 4 is 22.3 Å². The fourth-order valence-electron chi connectivity index (χ4n) is 3.21. The second kappa shape index (κ2) is 7.43. The molecule has 0 radical (unpaired) electrons. The van der Waals surface area contributed by atoms with Gasteiger partial charge in [-0.25, -0.2) is 13.7 Å². The molecule has 0 aliphatic rings. The van der Waals surface area contributed by atoms with Crippen molar-refractivity contribution < 1.29 is 4.21 Å². The summed E-state index contributed by atoms with van der Waals surface area (Å²) in [5.74, 6) is 0.538. The zero-order valence-corrected chi connectivity index (χ0v) is 18.1. The van der Waals surface area contributed by atoms with Gasteiger partial charge in [-0.1, -0.05) is 32.9 Å². The van der Waals surface area contributed by atoms with Crippen LogP contribution in [0.1, 0.15) is 31.9 Å². The van der Waals surface area contributed by atoms with E-state index in [1.54, 1.807) is 29.2 Å². The van der Waals surface area contributed by atoms with Gasteiger partial charge in [-0.3, -0.25) is 4.72 Å².